The van der Waals surface area contributed by atoms with Crippen LogP contribution < -0.4 is 21.3 Å². The lowest BCUT2D eigenvalue weighted by molar-refractivity contribution is 0.0938. The number of fused-ring (bicyclic) bond motifs is 1. The highest BCUT2D eigenvalue weighted by atomic mass is 16.5. The summed E-state index contributed by atoms with van der Waals surface area (Å²) in [5, 5.41) is 13.8. The van der Waals surface area contributed by atoms with Crippen LogP contribution in [0.2, 0.25) is 0 Å². The van der Waals surface area contributed by atoms with E-state index in [4.69, 9.17) is 4.74 Å². The van der Waals surface area contributed by atoms with Gasteiger partial charge in [0.2, 0.25) is 5.95 Å². The fourth-order valence-corrected chi connectivity index (χ4v) is 3.20. The van der Waals surface area contributed by atoms with Crippen molar-refractivity contribution in [2.75, 3.05) is 39.1 Å². The molecule has 10 heteroatoms. The predicted molar refractivity (Wildman–Crippen MR) is 120 cm³/mol. The topological polar surface area (TPSA) is 117 Å². The summed E-state index contributed by atoms with van der Waals surface area (Å²) >= 11 is 0. The first-order chi connectivity index (χ1) is 14.7. The molecular formula is C21H30N6O4. The standard InChI is InChI=1S/C21H30N6O4/c1-13-6-7-16(10-14(13)2)31-12-15(28)11-27-17-18(26(5)21(30)24-19(17)29)23-20(27)22-8-9-25(3)4/h6-7,10,15,28H,8-9,11-12H2,1-5H3,(H,22,23)(H,24,29,30)/t15-/m0/s1. The van der Waals surface area contributed by atoms with Gasteiger partial charge in [0.1, 0.15) is 18.5 Å². The summed E-state index contributed by atoms with van der Waals surface area (Å²) in [6.45, 7) is 5.47. The third kappa shape index (κ3) is 5.15. The largest absolute Gasteiger partial charge is 0.491 e. The highest BCUT2D eigenvalue weighted by Crippen LogP contribution is 2.18. The molecule has 1 aromatic carbocycles. The number of nitrogens with one attached hydrogen (secondary N) is 2. The number of H-pyrrole nitrogens is 1. The molecule has 0 saturated carbocycles. The van der Waals surface area contributed by atoms with Crippen molar-refractivity contribution in [3.63, 3.8) is 0 Å². The van der Waals surface area contributed by atoms with Crippen LogP contribution in [-0.4, -0.2) is 69.0 Å². The van der Waals surface area contributed by atoms with Gasteiger partial charge in [-0.3, -0.25) is 14.3 Å². The summed E-state index contributed by atoms with van der Waals surface area (Å²) in [6.07, 6.45) is -0.898. The Morgan fingerprint density at radius 3 is 2.68 bits per heavy atom. The maximum absolute atomic E-state index is 12.5. The van der Waals surface area contributed by atoms with Gasteiger partial charge in [-0.05, 0) is 51.2 Å². The van der Waals surface area contributed by atoms with Crippen molar-refractivity contribution in [2.45, 2.75) is 26.5 Å². The SMILES string of the molecule is Cc1ccc(OC[C@@H](O)Cn2c(NCCN(C)C)nc3c2c(=O)[nH]c(=O)n3C)cc1C. The quantitative estimate of drug-likeness (QED) is 0.451. The lowest BCUT2D eigenvalue weighted by Gasteiger charge is -2.17. The second-order valence-corrected chi connectivity index (χ2v) is 7.98. The molecule has 0 fully saturated rings. The molecule has 0 saturated heterocycles. The third-order valence-corrected chi connectivity index (χ3v) is 5.16. The fraction of sp³-hybridized carbons (Fsp3) is 0.476. The maximum Gasteiger partial charge on any atom is 0.329 e. The maximum atomic E-state index is 12.5. The highest BCUT2D eigenvalue weighted by molar-refractivity contribution is 5.74. The van der Waals surface area contributed by atoms with Gasteiger partial charge in [-0.1, -0.05) is 6.07 Å². The number of hydrogen-bond donors (Lipinski definition) is 3. The minimum Gasteiger partial charge on any atom is -0.491 e. The van der Waals surface area contributed by atoms with E-state index in [0.29, 0.717) is 18.2 Å². The number of rotatable bonds is 9. The Morgan fingerprint density at radius 1 is 1.26 bits per heavy atom. The van der Waals surface area contributed by atoms with E-state index in [1.165, 1.54) is 4.57 Å². The van der Waals surface area contributed by atoms with Crippen LogP contribution in [0.25, 0.3) is 11.2 Å². The molecule has 1 atom stereocenters. The monoisotopic (exact) mass is 430 g/mol. The first-order valence-electron chi connectivity index (χ1n) is 10.1. The Bertz CT molecular complexity index is 1180. The molecule has 0 unspecified atom stereocenters. The van der Waals surface area contributed by atoms with Crippen molar-refractivity contribution in [3.8, 4) is 5.75 Å². The number of aryl methyl sites for hydroxylation is 3. The Hall–Kier alpha value is -3.11. The normalized spacial score (nSPS) is 12.5. The zero-order valence-corrected chi connectivity index (χ0v) is 18.6. The van der Waals surface area contributed by atoms with E-state index in [0.717, 1.165) is 17.7 Å². The van der Waals surface area contributed by atoms with E-state index in [-0.39, 0.29) is 24.3 Å². The van der Waals surface area contributed by atoms with E-state index in [1.807, 2.05) is 51.0 Å². The number of aromatic amines is 1. The van der Waals surface area contributed by atoms with Crippen molar-refractivity contribution in [3.05, 3.63) is 50.2 Å². The molecule has 0 spiro atoms. The highest BCUT2D eigenvalue weighted by Gasteiger charge is 2.20. The molecule has 10 nitrogen and oxygen atoms in total. The molecular weight excluding hydrogens is 400 g/mol. The van der Waals surface area contributed by atoms with Gasteiger partial charge < -0.3 is 24.6 Å². The zero-order valence-electron chi connectivity index (χ0n) is 18.6. The van der Waals surface area contributed by atoms with Crippen LogP contribution in [0.1, 0.15) is 11.1 Å². The van der Waals surface area contributed by atoms with Crippen LogP contribution >= 0.6 is 0 Å². The number of anilines is 1. The fourth-order valence-electron chi connectivity index (χ4n) is 3.20. The van der Waals surface area contributed by atoms with Gasteiger partial charge in [0, 0.05) is 20.1 Å². The molecule has 3 N–H and O–H groups in total. The Morgan fingerprint density at radius 2 is 2.00 bits per heavy atom. The van der Waals surface area contributed by atoms with Crippen LogP contribution in [0.3, 0.4) is 0 Å². The number of likely N-dealkylation sites (N-methyl/N-ethyl adjacent to an activating group) is 1. The van der Waals surface area contributed by atoms with Gasteiger partial charge in [-0.25, -0.2) is 4.79 Å². The summed E-state index contributed by atoms with van der Waals surface area (Å²) in [5.74, 6) is 1.08. The number of aliphatic hydroxyl groups is 1. The lowest BCUT2D eigenvalue weighted by Crippen LogP contribution is -2.31. The van der Waals surface area contributed by atoms with Crippen molar-refractivity contribution in [2.24, 2.45) is 7.05 Å². The Labute approximate surface area is 180 Å². The van der Waals surface area contributed by atoms with Gasteiger partial charge in [0.15, 0.2) is 11.2 Å². The average molecular weight is 431 g/mol. The minimum absolute atomic E-state index is 0.0446. The van der Waals surface area contributed by atoms with Crippen LogP contribution in [-0.2, 0) is 13.6 Å². The molecule has 2 heterocycles. The van der Waals surface area contributed by atoms with Crippen molar-refractivity contribution < 1.29 is 9.84 Å². The average Bonchev–Trinajstić information content (AvgIpc) is 3.05. The molecule has 2 aromatic heterocycles. The molecule has 3 rings (SSSR count). The van der Waals surface area contributed by atoms with E-state index in [1.54, 1.807) is 11.6 Å². The van der Waals surface area contributed by atoms with Gasteiger partial charge in [0.25, 0.3) is 5.56 Å². The predicted octanol–water partition coefficient (Wildman–Crippen LogP) is 0.454. The van der Waals surface area contributed by atoms with Gasteiger partial charge in [0.05, 0.1) is 6.54 Å². The first kappa shape index (κ1) is 22.6. The number of imidazole rings is 1. The number of aromatic nitrogens is 4. The van der Waals surface area contributed by atoms with Crippen LogP contribution in [0.15, 0.2) is 27.8 Å². The molecule has 0 radical (unpaired) electrons. The summed E-state index contributed by atoms with van der Waals surface area (Å²) in [4.78, 5) is 33.2. The van der Waals surface area contributed by atoms with Gasteiger partial charge in [-0.15, -0.1) is 0 Å². The van der Waals surface area contributed by atoms with Crippen LogP contribution in [0.5, 0.6) is 5.75 Å². The van der Waals surface area contributed by atoms with E-state index in [9.17, 15) is 14.7 Å². The third-order valence-electron chi connectivity index (χ3n) is 5.16. The number of ether oxygens (including phenoxy) is 1. The van der Waals surface area contributed by atoms with Crippen molar-refractivity contribution in [1.82, 2.24) is 24.0 Å². The molecule has 0 bridgehead atoms. The summed E-state index contributed by atoms with van der Waals surface area (Å²) in [5.41, 5.74) is 1.65. The summed E-state index contributed by atoms with van der Waals surface area (Å²) < 4.78 is 8.61. The molecule has 31 heavy (non-hydrogen) atoms. The van der Waals surface area contributed by atoms with E-state index in [2.05, 4.69) is 15.3 Å². The van der Waals surface area contributed by atoms with Crippen LogP contribution in [0, 0.1) is 13.8 Å². The second-order valence-electron chi connectivity index (χ2n) is 7.98. The summed E-state index contributed by atoms with van der Waals surface area (Å²) in [7, 11) is 5.45. The Kier molecular flexibility index (Phi) is 6.81. The van der Waals surface area contributed by atoms with E-state index >= 15 is 0 Å². The second kappa shape index (κ2) is 9.36. The Balaban J connectivity index is 1.85. The van der Waals surface area contributed by atoms with Crippen LogP contribution in [0.4, 0.5) is 5.95 Å². The molecule has 0 aliphatic heterocycles. The lowest BCUT2D eigenvalue weighted by atomic mass is 10.1. The van der Waals surface area contributed by atoms with Gasteiger partial charge in [-0.2, -0.15) is 4.98 Å². The zero-order chi connectivity index (χ0) is 22.7. The molecule has 3 aromatic rings. The van der Waals surface area contributed by atoms with Gasteiger partial charge >= 0.3 is 5.69 Å². The molecule has 0 amide bonds. The molecule has 0 aliphatic carbocycles. The smallest absolute Gasteiger partial charge is 0.329 e. The van der Waals surface area contributed by atoms with Crippen molar-refractivity contribution >= 4 is 17.1 Å². The molecule has 0 aliphatic rings. The molecule has 168 valence electrons. The van der Waals surface area contributed by atoms with E-state index < -0.39 is 17.4 Å². The summed E-state index contributed by atoms with van der Waals surface area (Å²) in [6, 6.07) is 5.74. The minimum atomic E-state index is -0.898. The number of aliphatic hydroxyl groups excluding tert-OH is 1. The van der Waals surface area contributed by atoms with Crippen molar-refractivity contribution in [1.29, 1.82) is 0 Å². The first-order valence-corrected chi connectivity index (χ1v) is 10.1. The number of benzene rings is 1. The number of hydrogen-bond acceptors (Lipinski definition) is 7. The number of nitrogens with zero attached hydrogens (tertiary/aromatic N) is 4.